The van der Waals surface area contributed by atoms with Crippen LogP contribution in [-0.4, -0.2) is 15.6 Å². The van der Waals surface area contributed by atoms with Gasteiger partial charge in [-0.3, -0.25) is 15.5 Å². The van der Waals surface area contributed by atoms with Gasteiger partial charge in [0.25, 0.3) is 5.69 Å². The standard InChI is InChI=1S/C21H13N5O2S/c22-12-19(25-24-18-10-4-6-14-5-1-2-9-17(14)18)21-23-20(13-29-21)15-7-3-8-16(11-15)26(27)28/h1-11,13,24H/b25-19-. The van der Waals surface area contributed by atoms with Crippen molar-refractivity contribution in [2.75, 3.05) is 5.43 Å². The van der Waals surface area contributed by atoms with Crippen molar-refractivity contribution >= 4 is 39.2 Å². The number of fused-ring (bicyclic) bond motifs is 1. The van der Waals surface area contributed by atoms with Crippen LogP contribution in [0.4, 0.5) is 11.4 Å². The third-order valence-electron chi connectivity index (χ3n) is 4.24. The summed E-state index contributed by atoms with van der Waals surface area (Å²) in [5.74, 6) is 0. The number of non-ortho nitro benzene ring substituents is 1. The van der Waals surface area contributed by atoms with E-state index in [1.165, 1.54) is 23.5 Å². The van der Waals surface area contributed by atoms with Crippen molar-refractivity contribution in [3.63, 3.8) is 0 Å². The molecule has 8 heteroatoms. The summed E-state index contributed by atoms with van der Waals surface area (Å²) < 4.78 is 0. The van der Waals surface area contributed by atoms with Gasteiger partial charge < -0.3 is 0 Å². The van der Waals surface area contributed by atoms with Gasteiger partial charge in [0.15, 0.2) is 10.7 Å². The van der Waals surface area contributed by atoms with Gasteiger partial charge in [0.2, 0.25) is 0 Å². The van der Waals surface area contributed by atoms with Crippen molar-refractivity contribution in [1.29, 1.82) is 5.26 Å². The molecule has 4 aromatic rings. The fourth-order valence-corrected chi connectivity index (χ4v) is 3.62. The zero-order chi connectivity index (χ0) is 20.2. The molecule has 0 aliphatic rings. The molecule has 0 amide bonds. The van der Waals surface area contributed by atoms with Crippen LogP contribution >= 0.6 is 11.3 Å². The number of hydrazone groups is 1. The molecule has 0 aliphatic heterocycles. The highest BCUT2D eigenvalue weighted by molar-refractivity contribution is 7.12. The summed E-state index contributed by atoms with van der Waals surface area (Å²) >= 11 is 1.26. The van der Waals surface area contributed by atoms with Gasteiger partial charge in [-0.2, -0.15) is 10.4 Å². The van der Waals surface area contributed by atoms with Gasteiger partial charge in [0.05, 0.1) is 16.3 Å². The predicted octanol–water partition coefficient (Wildman–Crippen LogP) is 5.21. The Morgan fingerprint density at radius 1 is 1.14 bits per heavy atom. The van der Waals surface area contributed by atoms with Crippen molar-refractivity contribution in [2.45, 2.75) is 0 Å². The van der Waals surface area contributed by atoms with E-state index in [1.807, 2.05) is 42.5 Å². The van der Waals surface area contributed by atoms with Gasteiger partial charge in [-0.1, -0.05) is 48.5 Å². The molecule has 0 unspecified atom stereocenters. The van der Waals surface area contributed by atoms with Crippen molar-refractivity contribution in [2.24, 2.45) is 5.10 Å². The lowest BCUT2D eigenvalue weighted by molar-refractivity contribution is -0.384. The molecular formula is C21H13N5O2S. The first kappa shape index (κ1) is 18.3. The van der Waals surface area contributed by atoms with Crippen molar-refractivity contribution < 1.29 is 4.92 Å². The second-order valence-corrected chi connectivity index (χ2v) is 6.91. The lowest BCUT2D eigenvalue weighted by Gasteiger charge is -2.05. The van der Waals surface area contributed by atoms with E-state index in [9.17, 15) is 15.4 Å². The van der Waals surface area contributed by atoms with E-state index in [4.69, 9.17) is 0 Å². The van der Waals surface area contributed by atoms with Crippen LogP contribution in [0.25, 0.3) is 22.0 Å². The van der Waals surface area contributed by atoms with Crippen LogP contribution in [0.3, 0.4) is 0 Å². The molecule has 0 fully saturated rings. The number of benzene rings is 3. The van der Waals surface area contributed by atoms with Gasteiger partial charge in [0.1, 0.15) is 6.07 Å². The summed E-state index contributed by atoms with van der Waals surface area (Å²) in [6, 6.07) is 22.0. The summed E-state index contributed by atoms with van der Waals surface area (Å²) in [4.78, 5) is 15.0. The first-order valence-corrected chi connectivity index (χ1v) is 9.46. The fourth-order valence-electron chi connectivity index (χ4n) is 2.85. The molecule has 7 nitrogen and oxygen atoms in total. The maximum absolute atomic E-state index is 11.0. The number of rotatable bonds is 5. The number of nitrogens with zero attached hydrogens (tertiary/aromatic N) is 4. The molecule has 3 aromatic carbocycles. The first-order valence-electron chi connectivity index (χ1n) is 8.58. The Balaban J connectivity index is 1.63. The Morgan fingerprint density at radius 3 is 2.76 bits per heavy atom. The number of aromatic nitrogens is 1. The molecule has 4 rings (SSSR count). The highest BCUT2D eigenvalue weighted by Gasteiger charge is 2.13. The molecule has 1 aromatic heterocycles. The van der Waals surface area contributed by atoms with Crippen LogP contribution in [0.5, 0.6) is 0 Å². The number of nitro groups is 1. The number of nitro benzene ring substituents is 1. The highest BCUT2D eigenvalue weighted by atomic mass is 32.1. The largest absolute Gasteiger partial charge is 0.276 e. The number of nitrogens with one attached hydrogen (secondary N) is 1. The Labute approximate surface area is 169 Å². The maximum Gasteiger partial charge on any atom is 0.270 e. The second kappa shape index (κ2) is 7.88. The minimum Gasteiger partial charge on any atom is -0.276 e. The van der Waals surface area contributed by atoms with Crippen LogP contribution in [0.2, 0.25) is 0 Å². The average Bonchev–Trinajstić information content (AvgIpc) is 3.24. The summed E-state index contributed by atoms with van der Waals surface area (Å²) in [6.45, 7) is 0. The topological polar surface area (TPSA) is 104 Å². The molecule has 1 N–H and O–H groups in total. The van der Waals surface area contributed by atoms with Crippen molar-refractivity contribution in [1.82, 2.24) is 4.98 Å². The number of hydrogen-bond acceptors (Lipinski definition) is 7. The zero-order valence-corrected chi connectivity index (χ0v) is 15.8. The van der Waals surface area contributed by atoms with E-state index in [2.05, 4.69) is 21.6 Å². The summed E-state index contributed by atoms with van der Waals surface area (Å²) in [7, 11) is 0. The van der Waals surface area contributed by atoms with Gasteiger partial charge in [0, 0.05) is 28.5 Å². The Morgan fingerprint density at radius 2 is 1.93 bits per heavy atom. The molecule has 0 saturated carbocycles. The molecule has 140 valence electrons. The van der Waals surface area contributed by atoms with Crippen LogP contribution in [0.15, 0.2) is 77.2 Å². The van der Waals surface area contributed by atoms with Gasteiger partial charge >= 0.3 is 0 Å². The molecule has 1 heterocycles. The Hall–Kier alpha value is -4.09. The van der Waals surface area contributed by atoms with Gasteiger partial charge in [-0.25, -0.2) is 4.98 Å². The molecule has 29 heavy (non-hydrogen) atoms. The molecule has 0 saturated heterocycles. The fraction of sp³-hybridized carbons (Fsp3) is 0. The Kier molecular flexibility index (Phi) is 4.97. The third-order valence-corrected chi connectivity index (χ3v) is 5.09. The smallest absolute Gasteiger partial charge is 0.270 e. The number of thiazole rings is 1. The van der Waals surface area contributed by atoms with Crippen LogP contribution in [-0.2, 0) is 0 Å². The number of nitriles is 1. The van der Waals surface area contributed by atoms with Crippen molar-refractivity contribution in [3.8, 4) is 17.3 Å². The molecular weight excluding hydrogens is 386 g/mol. The normalized spacial score (nSPS) is 11.2. The van der Waals surface area contributed by atoms with E-state index in [0.29, 0.717) is 16.3 Å². The lowest BCUT2D eigenvalue weighted by Crippen LogP contribution is -2.01. The van der Waals surface area contributed by atoms with E-state index in [0.717, 1.165) is 16.5 Å². The summed E-state index contributed by atoms with van der Waals surface area (Å²) in [5, 5.41) is 29.0. The quantitative estimate of drug-likeness (QED) is 0.282. The molecule has 0 spiro atoms. The maximum atomic E-state index is 11.0. The first-order chi connectivity index (χ1) is 14.2. The summed E-state index contributed by atoms with van der Waals surface area (Å²) in [6.07, 6.45) is 0. The Bertz CT molecular complexity index is 1280. The molecule has 0 bridgehead atoms. The molecule has 0 aliphatic carbocycles. The van der Waals surface area contributed by atoms with Crippen molar-refractivity contribution in [3.05, 3.63) is 87.2 Å². The van der Waals surface area contributed by atoms with Gasteiger partial charge in [-0.05, 0) is 11.5 Å². The van der Waals surface area contributed by atoms with Gasteiger partial charge in [-0.15, -0.1) is 11.3 Å². The monoisotopic (exact) mass is 399 g/mol. The highest BCUT2D eigenvalue weighted by Crippen LogP contribution is 2.26. The van der Waals surface area contributed by atoms with Crippen LogP contribution in [0, 0.1) is 21.4 Å². The summed E-state index contributed by atoms with van der Waals surface area (Å²) in [5.41, 5.74) is 5.03. The predicted molar refractivity (Wildman–Crippen MR) is 114 cm³/mol. The zero-order valence-electron chi connectivity index (χ0n) is 14.9. The third kappa shape index (κ3) is 3.81. The van der Waals surface area contributed by atoms with Crippen LogP contribution < -0.4 is 5.43 Å². The minimum atomic E-state index is -0.451. The second-order valence-electron chi connectivity index (χ2n) is 6.06. The lowest BCUT2D eigenvalue weighted by atomic mass is 10.1. The van der Waals surface area contributed by atoms with E-state index in [1.54, 1.807) is 17.5 Å². The SMILES string of the molecule is N#C/C(=N/Nc1cccc2ccccc12)c1nc(-c2cccc([N+](=O)[O-])c2)cs1. The molecule has 0 radical (unpaired) electrons. The average molecular weight is 399 g/mol. The number of anilines is 1. The van der Waals surface area contributed by atoms with Crippen LogP contribution in [0.1, 0.15) is 5.01 Å². The van der Waals surface area contributed by atoms with E-state index in [-0.39, 0.29) is 11.4 Å². The van der Waals surface area contributed by atoms with E-state index >= 15 is 0 Å². The van der Waals surface area contributed by atoms with E-state index < -0.39 is 4.92 Å². The number of hydrogen-bond donors (Lipinski definition) is 1. The minimum absolute atomic E-state index is 0.0103. The molecule has 0 atom stereocenters.